The summed E-state index contributed by atoms with van der Waals surface area (Å²) >= 11 is 0. The quantitative estimate of drug-likeness (QED) is 0.609. The van der Waals surface area contributed by atoms with E-state index in [-0.39, 0.29) is 11.4 Å². The third-order valence-electron chi connectivity index (χ3n) is 2.36. The molecule has 100 valence electrons. The normalized spacial score (nSPS) is 9.37. The molecule has 0 spiro atoms. The first-order valence-electron chi connectivity index (χ1n) is 5.60. The van der Waals surface area contributed by atoms with E-state index in [4.69, 9.17) is 10.2 Å². The maximum Gasteiger partial charge on any atom is 0.310 e. The monoisotopic (exact) mass is 261 g/mol. The topological polar surface area (TPSA) is 83.6 Å². The number of aromatic hydroxyl groups is 2. The highest BCUT2D eigenvalue weighted by molar-refractivity contribution is 5.47. The number of hydrogen-bond donors (Lipinski definition) is 2. The molecule has 2 N–H and O–H groups in total. The number of rotatable bonds is 1. The fourth-order valence-corrected chi connectivity index (χ4v) is 1.32. The second kappa shape index (κ2) is 6.39. The van der Waals surface area contributed by atoms with Crippen LogP contribution in [0.5, 0.6) is 11.5 Å². The lowest BCUT2D eigenvalue weighted by molar-refractivity contribution is -0.385. The third kappa shape index (κ3) is 4.67. The van der Waals surface area contributed by atoms with Gasteiger partial charge in [0.2, 0.25) is 0 Å². The molecule has 0 aliphatic carbocycles. The summed E-state index contributed by atoms with van der Waals surface area (Å²) in [4.78, 5) is 9.61. The first-order valence-corrected chi connectivity index (χ1v) is 5.60. The number of phenolic OH excluding ortho intramolecular Hbond substituents is 2. The summed E-state index contributed by atoms with van der Waals surface area (Å²) in [5.41, 5.74) is 1.68. The Kier molecular flexibility index (Phi) is 4.88. The number of nitro benzene ring substituents is 1. The lowest BCUT2D eigenvalue weighted by Gasteiger charge is -1.95. The zero-order chi connectivity index (χ0) is 14.4. The van der Waals surface area contributed by atoms with E-state index in [2.05, 4.69) is 0 Å². The highest BCUT2D eigenvalue weighted by Gasteiger charge is 2.11. The Balaban J connectivity index is 0.000000200. The van der Waals surface area contributed by atoms with Gasteiger partial charge < -0.3 is 10.2 Å². The first kappa shape index (κ1) is 14.5. The molecular weight excluding hydrogens is 246 g/mol. The molecule has 2 aromatic carbocycles. The van der Waals surface area contributed by atoms with Crippen molar-refractivity contribution in [3.63, 3.8) is 0 Å². The van der Waals surface area contributed by atoms with Crippen molar-refractivity contribution in [2.45, 2.75) is 13.8 Å². The molecule has 0 bridgehead atoms. The summed E-state index contributed by atoms with van der Waals surface area (Å²) in [5, 5.41) is 27.9. The summed E-state index contributed by atoms with van der Waals surface area (Å²) in [6.45, 7) is 3.71. The van der Waals surface area contributed by atoms with Crippen LogP contribution in [0.25, 0.3) is 0 Å². The maximum atomic E-state index is 10.2. The van der Waals surface area contributed by atoms with E-state index in [0.29, 0.717) is 5.75 Å². The highest BCUT2D eigenvalue weighted by atomic mass is 16.6. The minimum Gasteiger partial charge on any atom is -0.508 e. The molecular formula is C14H15NO4. The fourth-order valence-electron chi connectivity index (χ4n) is 1.32. The molecule has 0 atom stereocenters. The van der Waals surface area contributed by atoms with E-state index in [9.17, 15) is 10.1 Å². The first-order chi connectivity index (χ1) is 8.90. The Morgan fingerprint density at radius 3 is 1.89 bits per heavy atom. The van der Waals surface area contributed by atoms with Crippen molar-refractivity contribution in [3.05, 3.63) is 63.7 Å². The van der Waals surface area contributed by atoms with Crippen molar-refractivity contribution in [3.8, 4) is 11.5 Å². The molecule has 0 unspecified atom stereocenters. The predicted octanol–water partition coefficient (Wildman–Crippen LogP) is 3.31. The van der Waals surface area contributed by atoms with Gasteiger partial charge in [-0.15, -0.1) is 0 Å². The Morgan fingerprint density at radius 2 is 1.47 bits per heavy atom. The molecule has 0 aliphatic heterocycles. The van der Waals surface area contributed by atoms with Crippen LogP contribution in [-0.2, 0) is 0 Å². The zero-order valence-corrected chi connectivity index (χ0v) is 10.7. The van der Waals surface area contributed by atoms with Gasteiger partial charge in [0, 0.05) is 6.07 Å². The fraction of sp³-hybridized carbons (Fsp3) is 0.143. The SMILES string of the molecule is Cc1ccc(O)c([N+](=O)[O-])c1.Cc1ccc(O)cc1. The molecule has 0 aromatic heterocycles. The van der Waals surface area contributed by atoms with Gasteiger partial charge in [-0.1, -0.05) is 23.8 Å². The number of aryl methyl sites for hydroxylation is 2. The molecule has 0 saturated carbocycles. The molecule has 0 amide bonds. The van der Waals surface area contributed by atoms with Crippen molar-refractivity contribution in [2.75, 3.05) is 0 Å². The van der Waals surface area contributed by atoms with Crippen LogP contribution in [0.4, 0.5) is 5.69 Å². The molecule has 0 saturated heterocycles. The second-order valence-corrected chi connectivity index (χ2v) is 4.08. The Bertz CT molecular complexity index is 543. The van der Waals surface area contributed by atoms with Crippen LogP contribution >= 0.6 is 0 Å². The van der Waals surface area contributed by atoms with Gasteiger partial charge in [-0.3, -0.25) is 10.1 Å². The molecule has 0 radical (unpaired) electrons. The number of hydrogen-bond acceptors (Lipinski definition) is 4. The van der Waals surface area contributed by atoms with Crippen LogP contribution in [-0.4, -0.2) is 15.1 Å². The van der Waals surface area contributed by atoms with Crippen molar-refractivity contribution in [2.24, 2.45) is 0 Å². The van der Waals surface area contributed by atoms with Gasteiger partial charge in [-0.25, -0.2) is 0 Å². The average Bonchev–Trinajstić information content (AvgIpc) is 2.36. The lowest BCUT2D eigenvalue weighted by atomic mass is 10.2. The number of nitrogens with zero attached hydrogens (tertiary/aromatic N) is 1. The number of phenols is 2. The van der Waals surface area contributed by atoms with Crippen LogP contribution in [0.15, 0.2) is 42.5 Å². The van der Waals surface area contributed by atoms with Crippen molar-refractivity contribution in [1.29, 1.82) is 0 Å². The summed E-state index contributed by atoms with van der Waals surface area (Å²) in [6, 6.07) is 11.3. The van der Waals surface area contributed by atoms with Gasteiger partial charge in [0.15, 0.2) is 5.75 Å². The van der Waals surface area contributed by atoms with Gasteiger partial charge >= 0.3 is 5.69 Å². The third-order valence-corrected chi connectivity index (χ3v) is 2.36. The highest BCUT2D eigenvalue weighted by Crippen LogP contribution is 2.25. The molecule has 19 heavy (non-hydrogen) atoms. The van der Waals surface area contributed by atoms with Crippen LogP contribution in [0.2, 0.25) is 0 Å². The molecule has 5 nitrogen and oxygen atoms in total. The van der Waals surface area contributed by atoms with E-state index in [1.807, 2.05) is 19.1 Å². The van der Waals surface area contributed by atoms with Crippen molar-refractivity contribution < 1.29 is 15.1 Å². The van der Waals surface area contributed by atoms with E-state index < -0.39 is 4.92 Å². The number of nitro groups is 1. The summed E-state index contributed by atoms with van der Waals surface area (Å²) < 4.78 is 0. The van der Waals surface area contributed by atoms with Crippen molar-refractivity contribution in [1.82, 2.24) is 0 Å². The minimum atomic E-state index is -0.609. The average molecular weight is 261 g/mol. The van der Waals surface area contributed by atoms with Gasteiger partial charge in [0.25, 0.3) is 0 Å². The minimum absolute atomic E-state index is 0.245. The van der Waals surface area contributed by atoms with Gasteiger partial charge in [-0.05, 0) is 37.6 Å². The van der Waals surface area contributed by atoms with Gasteiger partial charge in [-0.2, -0.15) is 0 Å². The van der Waals surface area contributed by atoms with Crippen LogP contribution < -0.4 is 0 Å². The molecule has 5 heteroatoms. The molecule has 0 heterocycles. The van der Waals surface area contributed by atoms with E-state index in [0.717, 1.165) is 5.56 Å². The number of benzene rings is 2. The van der Waals surface area contributed by atoms with Gasteiger partial charge in [0.05, 0.1) is 4.92 Å². The summed E-state index contributed by atoms with van der Waals surface area (Å²) in [6.07, 6.45) is 0. The zero-order valence-electron chi connectivity index (χ0n) is 10.7. The van der Waals surface area contributed by atoms with Crippen LogP contribution in [0.3, 0.4) is 0 Å². The standard InChI is InChI=1S/C7H7NO3.C7H8O/c1-5-2-3-7(9)6(4-5)8(10)11;1-6-2-4-7(8)5-3-6/h2-4,9H,1H3;2-5,8H,1H3. The Labute approximate surface area is 110 Å². The lowest BCUT2D eigenvalue weighted by Crippen LogP contribution is -1.88. The maximum absolute atomic E-state index is 10.2. The molecule has 2 rings (SSSR count). The van der Waals surface area contributed by atoms with Crippen molar-refractivity contribution >= 4 is 5.69 Å². The van der Waals surface area contributed by atoms with E-state index >= 15 is 0 Å². The van der Waals surface area contributed by atoms with Gasteiger partial charge in [0.1, 0.15) is 5.75 Å². The summed E-state index contributed by atoms with van der Waals surface area (Å²) in [7, 11) is 0. The van der Waals surface area contributed by atoms with Crippen LogP contribution in [0, 0.1) is 24.0 Å². The van der Waals surface area contributed by atoms with E-state index in [1.54, 1.807) is 25.1 Å². The smallest absolute Gasteiger partial charge is 0.310 e. The predicted molar refractivity (Wildman–Crippen MR) is 72.3 cm³/mol. The van der Waals surface area contributed by atoms with E-state index in [1.165, 1.54) is 17.7 Å². The molecule has 0 fully saturated rings. The second-order valence-electron chi connectivity index (χ2n) is 4.08. The molecule has 2 aromatic rings. The summed E-state index contributed by atoms with van der Waals surface area (Å²) in [5.74, 6) is 0.0381. The van der Waals surface area contributed by atoms with Crippen LogP contribution in [0.1, 0.15) is 11.1 Å². The Hall–Kier alpha value is -2.56. The Morgan fingerprint density at radius 1 is 0.947 bits per heavy atom. The largest absolute Gasteiger partial charge is 0.508 e. The molecule has 0 aliphatic rings.